The minimum atomic E-state index is -1.09. The first kappa shape index (κ1) is 27.4. The van der Waals surface area contributed by atoms with E-state index in [-0.39, 0.29) is 62.6 Å². The van der Waals surface area contributed by atoms with Crippen molar-refractivity contribution in [3.63, 3.8) is 0 Å². The summed E-state index contributed by atoms with van der Waals surface area (Å²) in [6, 6.07) is 6.49. The Hall–Kier alpha value is -3.81. The van der Waals surface area contributed by atoms with Crippen LogP contribution in [0.15, 0.2) is 36.7 Å². The number of anilines is 4. The van der Waals surface area contributed by atoms with E-state index >= 15 is 4.39 Å². The van der Waals surface area contributed by atoms with Crippen molar-refractivity contribution in [2.75, 3.05) is 41.5 Å². The van der Waals surface area contributed by atoms with Crippen LogP contribution in [0.1, 0.15) is 31.4 Å². The number of hydrogen-bond donors (Lipinski definition) is 2. The van der Waals surface area contributed by atoms with Gasteiger partial charge in [-0.1, -0.05) is 6.07 Å². The van der Waals surface area contributed by atoms with Crippen LogP contribution in [0, 0.1) is 5.82 Å². The summed E-state index contributed by atoms with van der Waals surface area (Å²) >= 11 is 0. The number of ether oxygens (including phenoxy) is 2. The number of aliphatic hydroxyl groups is 1. The summed E-state index contributed by atoms with van der Waals surface area (Å²) in [6.45, 7) is 1.26. The second-order valence-corrected chi connectivity index (χ2v) is 10.7. The lowest BCUT2D eigenvalue weighted by molar-refractivity contribution is -0.177. The number of nitrogens with zero attached hydrogens (tertiary/aromatic N) is 5. The Bertz CT molecular complexity index is 1540. The highest BCUT2D eigenvalue weighted by Crippen LogP contribution is 2.39. The first-order chi connectivity index (χ1) is 19.4. The van der Waals surface area contributed by atoms with Crippen LogP contribution in [-0.4, -0.2) is 69.9 Å². The summed E-state index contributed by atoms with van der Waals surface area (Å²) in [5.74, 6) is 0.0991. The van der Waals surface area contributed by atoms with Crippen molar-refractivity contribution in [1.82, 2.24) is 15.0 Å². The maximum Gasteiger partial charge on any atom is 0.238 e. The molecular weight excluding hydrogens is 551 g/mol. The number of rotatable bonds is 6. The van der Waals surface area contributed by atoms with Gasteiger partial charge in [0.2, 0.25) is 23.6 Å². The molecule has 13 heteroatoms. The van der Waals surface area contributed by atoms with Gasteiger partial charge in [0.25, 0.3) is 0 Å². The Kier molecular flexibility index (Phi) is 7.04. The normalized spacial score (nSPS) is 20.6. The Morgan fingerprint density at radius 1 is 1.10 bits per heavy atom. The highest BCUT2D eigenvalue weighted by atomic mass is 32.1. The van der Waals surface area contributed by atoms with Gasteiger partial charge >= 0.3 is 0 Å². The Labute approximate surface area is 242 Å². The van der Waals surface area contributed by atoms with Crippen LogP contribution in [0.4, 0.5) is 27.4 Å². The Balaban J connectivity index is 0.00000302. The van der Waals surface area contributed by atoms with Gasteiger partial charge in [-0.15, -0.1) is 0 Å². The fourth-order valence-corrected chi connectivity index (χ4v) is 5.73. The fraction of sp³-hybridized carbons (Fsp3) is 0.393. The zero-order valence-corrected chi connectivity index (χ0v) is 23.1. The van der Waals surface area contributed by atoms with E-state index in [4.69, 9.17) is 9.47 Å². The lowest BCUT2D eigenvalue weighted by Crippen LogP contribution is -2.51. The number of nitrogens with one attached hydrogen (secondary N) is 1. The van der Waals surface area contributed by atoms with E-state index in [9.17, 15) is 14.7 Å². The SMILES string of the molecule is O=C1CCCN1c1ccc(-c2cnc(Nc3cnc4c(c3)N3C(=O)CC[C@H]3CO4)nc2CC2(O)COC2)cc1F.S. The highest BCUT2D eigenvalue weighted by molar-refractivity contribution is 7.59. The average molecular weight is 581 g/mol. The molecule has 6 heterocycles. The van der Waals surface area contributed by atoms with Gasteiger partial charge in [-0.2, -0.15) is 13.5 Å². The number of fused-ring (bicyclic) bond motifs is 3. The van der Waals surface area contributed by atoms with Crippen molar-refractivity contribution in [2.45, 2.75) is 43.7 Å². The van der Waals surface area contributed by atoms with Gasteiger partial charge < -0.3 is 29.7 Å². The molecule has 7 rings (SSSR count). The summed E-state index contributed by atoms with van der Waals surface area (Å²) in [6.07, 6.45) is 5.67. The van der Waals surface area contributed by atoms with Crippen molar-refractivity contribution in [3.8, 4) is 17.0 Å². The van der Waals surface area contributed by atoms with Crippen molar-refractivity contribution in [3.05, 3.63) is 48.2 Å². The number of benzene rings is 1. The maximum absolute atomic E-state index is 15.2. The quantitative estimate of drug-likeness (QED) is 0.452. The summed E-state index contributed by atoms with van der Waals surface area (Å²) in [4.78, 5) is 41.3. The smallest absolute Gasteiger partial charge is 0.238 e. The molecule has 3 aromatic rings. The summed E-state index contributed by atoms with van der Waals surface area (Å²) in [7, 11) is 0. The van der Waals surface area contributed by atoms with Gasteiger partial charge in [-0.25, -0.2) is 19.3 Å². The van der Waals surface area contributed by atoms with Gasteiger partial charge in [-0.3, -0.25) is 9.59 Å². The molecule has 3 saturated heterocycles. The zero-order chi connectivity index (χ0) is 27.4. The molecule has 1 aromatic carbocycles. The van der Waals surface area contributed by atoms with E-state index in [0.717, 1.165) is 6.42 Å². The average Bonchev–Trinajstić information content (AvgIpc) is 3.53. The van der Waals surface area contributed by atoms with Crippen LogP contribution < -0.4 is 19.9 Å². The molecule has 0 unspecified atom stereocenters. The Morgan fingerprint density at radius 2 is 1.95 bits per heavy atom. The van der Waals surface area contributed by atoms with E-state index in [2.05, 4.69) is 20.3 Å². The van der Waals surface area contributed by atoms with Crippen LogP contribution in [0.25, 0.3) is 11.1 Å². The standard InChI is InChI=1S/C28H27FN6O5.H2S/c29-20-8-16(3-5-22(20)34-7-1-2-24(34)36)19-12-31-27(33-21(19)10-28(38)14-39-15-28)32-17-9-23-26(30-11-17)40-13-18-4-6-25(37)35(18)23;/h3,5,8-9,11-12,18,38H,1-2,4,6-7,10,13-15H2,(H,31,32,33);1H2/t18-;/m0./s1. The van der Waals surface area contributed by atoms with Crippen LogP contribution in [0.5, 0.6) is 5.88 Å². The largest absolute Gasteiger partial charge is 0.474 e. The fourth-order valence-electron chi connectivity index (χ4n) is 5.73. The van der Waals surface area contributed by atoms with E-state index < -0.39 is 11.4 Å². The van der Waals surface area contributed by atoms with Crippen molar-refractivity contribution >= 4 is 48.3 Å². The molecule has 11 nitrogen and oxygen atoms in total. The van der Waals surface area contributed by atoms with E-state index in [1.165, 1.54) is 11.0 Å². The van der Waals surface area contributed by atoms with Gasteiger partial charge in [0, 0.05) is 37.6 Å². The molecule has 4 aliphatic rings. The topological polar surface area (TPSA) is 130 Å². The number of carbonyl (C=O) groups excluding carboxylic acids is 2. The minimum absolute atomic E-state index is 0. The number of pyridine rings is 1. The first-order valence-electron chi connectivity index (χ1n) is 13.4. The van der Waals surface area contributed by atoms with Crippen LogP contribution >= 0.6 is 13.5 Å². The summed E-state index contributed by atoms with van der Waals surface area (Å²) < 4.78 is 26.1. The predicted octanol–water partition coefficient (Wildman–Crippen LogP) is 2.85. The molecule has 2 amide bonds. The molecule has 0 aliphatic carbocycles. The molecule has 0 spiro atoms. The summed E-state index contributed by atoms with van der Waals surface area (Å²) in [5, 5.41) is 14.0. The third kappa shape index (κ3) is 4.98. The van der Waals surface area contributed by atoms with E-state index in [1.54, 1.807) is 35.5 Å². The lowest BCUT2D eigenvalue weighted by Gasteiger charge is -2.36. The van der Waals surface area contributed by atoms with Crippen molar-refractivity contribution in [2.24, 2.45) is 0 Å². The molecule has 1 atom stereocenters. The van der Waals surface area contributed by atoms with Crippen LogP contribution in [0.3, 0.4) is 0 Å². The maximum atomic E-state index is 15.2. The third-order valence-electron chi connectivity index (χ3n) is 7.81. The van der Waals surface area contributed by atoms with Crippen molar-refractivity contribution in [1.29, 1.82) is 0 Å². The van der Waals surface area contributed by atoms with Gasteiger partial charge in [-0.05, 0) is 36.6 Å². The summed E-state index contributed by atoms with van der Waals surface area (Å²) in [5.41, 5.74) is 1.94. The Morgan fingerprint density at radius 3 is 2.68 bits per heavy atom. The predicted molar refractivity (Wildman–Crippen MR) is 152 cm³/mol. The van der Waals surface area contributed by atoms with Crippen LogP contribution in [-0.2, 0) is 20.7 Å². The molecule has 41 heavy (non-hydrogen) atoms. The number of aromatic nitrogens is 3. The molecule has 0 saturated carbocycles. The van der Waals surface area contributed by atoms with Crippen LogP contribution in [0.2, 0.25) is 0 Å². The second-order valence-electron chi connectivity index (χ2n) is 10.7. The second kappa shape index (κ2) is 10.5. The molecular formula is C28H29FN6O5S. The number of halogens is 1. The van der Waals surface area contributed by atoms with E-state index in [0.29, 0.717) is 66.5 Å². The van der Waals surface area contributed by atoms with Crippen molar-refractivity contribution < 1.29 is 28.6 Å². The first-order valence-corrected chi connectivity index (χ1v) is 13.4. The minimum Gasteiger partial charge on any atom is -0.474 e. The molecule has 0 radical (unpaired) electrons. The number of hydrogen-bond acceptors (Lipinski definition) is 9. The van der Waals surface area contributed by atoms with Gasteiger partial charge in [0.15, 0.2) is 0 Å². The molecule has 2 aromatic heterocycles. The zero-order valence-electron chi connectivity index (χ0n) is 22.1. The molecule has 214 valence electrons. The highest BCUT2D eigenvalue weighted by Gasteiger charge is 2.39. The molecule has 3 fully saturated rings. The lowest BCUT2D eigenvalue weighted by atomic mass is 9.92. The van der Waals surface area contributed by atoms with Gasteiger partial charge in [0.1, 0.15) is 23.7 Å². The molecule has 2 N–H and O–H groups in total. The third-order valence-corrected chi connectivity index (χ3v) is 7.81. The number of amides is 2. The monoisotopic (exact) mass is 580 g/mol. The van der Waals surface area contributed by atoms with Gasteiger partial charge in [0.05, 0.1) is 42.5 Å². The molecule has 0 bridgehead atoms. The number of carbonyl (C=O) groups is 2. The van der Waals surface area contributed by atoms with E-state index in [1.807, 2.05) is 0 Å². The molecule has 4 aliphatic heterocycles.